The second kappa shape index (κ2) is 6.00. The Bertz CT molecular complexity index is 463. The maximum Gasteiger partial charge on any atom is 0.337 e. The van der Waals surface area contributed by atoms with E-state index in [4.69, 9.17) is 5.11 Å². The van der Waals surface area contributed by atoms with Crippen LogP contribution in [0.5, 0.6) is 0 Å². The molecular formula is C12H15FN2O3. The van der Waals surface area contributed by atoms with E-state index in [9.17, 15) is 14.0 Å². The molecule has 1 aromatic rings. The number of hydrogen-bond donors (Lipinski definition) is 2. The number of para-hydroxylation sites is 1. The van der Waals surface area contributed by atoms with Gasteiger partial charge in [0.1, 0.15) is 5.82 Å². The second-order valence-corrected chi connectivity index (χ2v) is 3.82. The number of carbonyl (C=O) groups is 2. The summed E-state index contributed by atoms with van der Waals surface area (Å²) in [5, 5.41) is 11.2. The molecule has 2 amide bonds. The topological polar surface area (TPSA) is 69.6 Å². The fourth-order valence-electron chi connectivity index (χ4n) is 1.47. The van der Waals surface area contributed by atoms with Crippen LogP contribution in [0.1, 0.15) is 23.7 Å². The number of aromatic carboxylic acids is 1. The van der Waals surface area contributed by atoms with Crippen molar-refractivity contribution in [3.8, 4) is 0 Å². The standard InChI is InChI=1S/C12H15FN2O3/c1-3-7-15(2)12(18)14-10-8(11(16)17)5-4-6-9(10)13/h4-6H,3,7H2,1-2H3,(H,14,18)(H,16,17). The van der Waals surface area contributed by atoms with Crippen molar-refractivity contribution >= 4 is 17.7 Å². The Morgan fingerprint density at radius 3 is 2.67 bits per heavy atom. The summed E-state index contributed by atoms with van der Waals surface area (Å²) in [6.45, 7) is 2.40. The summed E-state index contributed by atoms with van der Waals surface area (Å²) >= 11 is 0. The summed E-state index contributed by atoms with van der Waals surface area (Å²) in [7, 11) is 1.56. The largest absolute Gasteiger partial charge is 0.478 e. The van der Waals surface area contributed by atoms with E-state index >= 15 is 0 Å². The zero-order valence-corrected chi connectivity index (χ0v) is 10.2. The molecule has 1 rings (SSSR count). The quantitative estimate of drug-likeness (QED) is 0.866. The molecule has 0 spiro atoms. The number of carboxylic acid groups (broad SMARTS) is 1. The van der Waals surface area contributed by atoms with Crippen LogP contribution in [0.25, 0.3) is 0 Å². The predicted molar refractivity (Wildman–Crippen MR) is 65.3 cm³/mol. The Morgan fingerprint density at radius 1 is 1.44 bits per heavy atom. The SMILES string of the molecule is CCCN(C)C(=O)Nc1c(F)cccc1C(=O)O. The van der Waals surface area contributed by atoms with Gasteiger partial charge in [-0.15, -0.1) is 0 Å². The molecule has 2 N–H and O–H groups in total. The maximum atomic E-state index is 13.5. The van der Waals surface area contributed by atoms with Gasteiger partial charge in [0.15, 0.2) is 0 Å². The molecular weight excluding hydrogens is 239 g/mol. The Kier molecular flexibility index (Phi) is 4.65. The average Bonchev–Trinajstić information content (AvgIpc) is 2.31. The summed E-state index contributed by atoms with van der Waals surface area (Å²) in [6, 6.07) is 3.08. The smallest absolute Gasteiger partial charge is 0.337 e. The van der Waals surface area contributed by atoms with Crippen LogP contribution in [-0.4, -0.2) is 35.6 Å². The molecule has 0 saturated heterocycles. The van der Waals surface area contributed by atoms with Crippen molar-refractivity contribution in [3.05, 3.63) is 29.6 Å². The van der Waals surface area contributed by atoms with Gasteiger partial charge in [-0.2, -0.15) is 0 Å². The summed E-state index contributed by atoms with van der Waals surface area (Å²) < 4.78 is 13.5. The zero-order valence-electron chi connectivity index (χ0n) is 10.2. The van der Waals surface area contributed by atoms with Gasteiger partial charge in [0.25, 0.3) is 0 Å². The first-order valence-corrected chi connectivity index (χ1v) is 5.51. The lowest BCUT2D eigenvalue weighted by atomic mass is 10.1. The molecule has 0 bridgehead atoms. The molecule has 0 heterocycles. The van der Waals surface area contributed by atoms with Crippen molar-refractivity contribution in [1.82, 2.24) is 4.90 Å². The highest BCUT2D eigenvalue weighted by Crippen LogP contribution is 2.20. The lowest BCUT2D eigenvalue weighted by Crippen LogP contribution is -2.32. The fourth-order valence-corrected chi connectivity index (χ4v) is 1.47. The van der Waals surface area contributed by atoms with Gasteiger partial charge >= 0.3 is 12.0 Å². The van der Waals surface area contributed by atoms with E-state index in [1.54, 1.807) is 7.05 Å². The van der Waals surface area contributed by atoms with E-state index in [0.717, 1.165) is 12.5 Å². The van der Waals surface area contributed by atoms with Crippen LogP contribution in [0.2, 0.25) is 0 Å². The van der Waals surface area contributed by atoms with Crippen molar-refractivity contribution in [3.63, 3.8) is 0 Å². The molecule has 0 fully saturated rings. The molecule has 6 heteroatoms. The second-order valence-electron chi connectivity index (χ2n) is 3.82. The molecule has 98 valence electrons. The maximum absolute atomic E-state index is 13.5. The summed E-state index contributed by atoms with van der Waals surface area (Å²) in [6.07, 6.45) is 0.757. The number of anilines is 1. The number of nitrogens with zero attached hydrogens (tertiary/aromatic N) is 1. The monoisotopic (exact) mass is 254 g/mol. The van der Waals surface area contributed by atoms with Crippen molar-refractivity contribution in [2.75, 3.05) is 18.9 Å². The van der Waals surface area contributed by atoms with Crippen molar-refractivity contribution in [2.24, 2.45) is 0 Å². The molecule has 0 saturated carbocycles. The van der Waals surface area contributed by atoms with Gasteiger partial charge in [-0.3, -0.25) is 0 Å². The number of rotatable bonds is 4. The van der Waals surface area contributed by atoms with Gasteiger partial charge in [0, 0.05) is 13.6 Å². The van der Waals surface area contributed by atoms with Crippen LogP contribution in [0.3, 0.4) is 0 Å². The highest BCUT2D eigenvalue weighted by atomic mass is 19.1. The predicted octanol–water partition coefficient (Wildman–Crippen LogP) is 2.40. The van der Waals surface area contributed by atoms with Crippen LogP contribution in [0, 0.1) is 5.82 Å². The molecule has 0 unspecified atom stereocenters. The number of hydrogen-bond acceptors (Lipinski definition) is 2. The first-order valence-electron chi connectivity index (χ1n) is 5.51. The molecule has 5 nitrogen and oxygen atoms in total. The van der Waals surface area contributed by atoms with Crippen LogP contribution in [0.15, 0.2) is 18.2 Å². The minimum atomic E-state index is -1.29. The lowest BCUT2D eigenvalue weighted by molar-refractivity contribution is 0.0697. The molecule has 0 aliphatic carbocycles. The Balaban J connectivity index is 2.96. The van der Waals surface area contributed by atoms with E-state index in [0.29, 0.717) is 6.54 Å². The number of amides is 2. The summed E-state index contributed by atoms with van der Waals surface area (Å²) in [5.74, 6) is -2.06. The minimum absolute atomic E-state index is 0.270. The first-order chi connectivity index (χ1) is 8.47. The van der Waals surface area contributed by atoms with E-state index in [1.165, 1.54) is 17.0 Å². The molecule has 0 aromatic heterocycles. The first kappa shape index (κ1) is 14.0. The third kappa shape index (κ3) is 3.19. The molecule has 18 heavy (non-hydrogen) atoms. The number of halogens is 1. The lowest BCUT2D eigenvalue weighted by Gasteiger charge is -2.18. The summed E-state index contributed by atoms with van der Waals surface area (Å²) in [5.41, 5.74) is -0.578. The van der Waals surface area contributed by atoms with Gasteiger partial charge in [-0.1, -0.05) is 13.0 Å². The summed E-state index contributed by atoms with van der Waals surface area (Å²) in [4.78, 5) is 24.0. The van der Waals surface area contributed by atoms with Crippen LogP contribution < -0.4 is 5.32 Å². The van der Waals surface area contributed by atoms with Crippen molar-refractivity contribution < 1.29 is 19.1 Å². The van der Waals surface area contributed by atoms with Crippen molar-refractivity contribution in [1.29, 1.82) is 0 Å². The van der Waals surface area contributed by atoms with E-state index in [-0.39, 0.29) is 11.3 Å². The molecule has 0 radical (unpaired) electrons. The Morgan fingerprint density at radius 2 is 2.11 bits per heavy atom. The number of carbonyl (C=O) groups excluding carboxylic acids is 1. The van der Waals surface area contributed by atoms with Crippen LogP contribution >= 0.6 is 0 Å². The fraction of sp³-hybridized carbons (Fsp3) is 0.333. The third-order valence-electron chi connectivity index (χ3n) is 2.38. The van der Waals surface area contributed by atoms with Gasteiger partial charge in [0.2, 0.25) is 0 Å². The van der Waals surface area contributed by atoms with Gasteiger partial charge in [-0.25, -0.2) is 14.0 Å². The molecule has 0 aliphatic heterocycles. The third-order valence-corrected chi connectivity index (χ3v) is 2.38. The normalized spacial score (nSPS) is 9.94. The van der Waals surface area contributed by atoms with Gasteiger partial charge < -0.3 is 15.3 Å². The number of nitrogens with one attached hydrogen (secondary N) is 1. The highest BCUT2D eigenvalue weighted by molar-refractivity contribution is 6.00. The van der Waals surface area contributed by atoms with Gasteiger partial charge in [0.05, 0.1) is 11.3 Å². The van der Waals surface area contributed by atoms with Crippen LogP contribution in [-0.2, 0) is 0 Å². The van der Waals surface area contributed by atoms with E-state index in [1.807, 2.05) is 6.92 Å². The van der Waals surface area contributed by atoms with E-state index in [2.05, 4.69) is 5.32 Å². The average molecular weight is 254 g/mol. The minimum Gasteiger partial charge on any atom is -0.478 e. The van der Waals surface area contributed by atoms with Crippen molar-refractivity contribution in [2.45, 2.75) is 13.3 Å². The zero-order chi connectivity index (χ0) is 13.7. The highest BCUT2D eigenvalue weighted by Gasteiger charge is 2.17. The molecule has 1 aromatic carbocycles. The van der Waals surface area contributed by atoms with Gasteiger partial charge in [-0.05, 0) is 18.6 Å². The van der Waals surface area contributed by atoms with Crippen LogP contribution in [0.4, 0.5) is 14.9 Å². The number of carboxylic acids is 1. The Hall–Kier alpha value is -2.11. The number of urea groups is 1. The molecule has 0 atom stereocenters. The van der Waals surface area contributed by atoms with E-state index < -0.39 is 17.8 Å². The number of benzene rings is 1. The molecule has 0 aliphatic rings. The Labute approximate surface area is 104 Å².